The molecule has 0 saturated carbocycles. The Morgan fingerprint density at radius 1 is 1.26 bits per heavy atom. The lowest BCUT2D eigenvalue weighted by Gasteiger charge is -2.06. The highest BCUT2D eigenvalue weighted by atomic mass is 32.2. The predicted octanol–water partition coefficient (Wildman–Crippen LogP) is 0.952. The van der Waals surface area contributed by atoms with Crippen LogP contribution < -0.4 is 4.72 Å². The number of rotatable bonds is 8. The van der Waals surface area contributed by atoms with Gasteiger partial charge >= 0.3 is 0 Å². The second-order valence-corrected chi connectivity index (χ2v) is 6.72. The number of nitriles is 1. The second kappa shape index (κ2) is 8.17. The average Bonchev–Trinajstić information content (AvgIpc) is 2.43. The number of hydrogen-bond acceptors (Lipinski definition) is 5. The van der Waals surface area contributed by atoms with Crippen molar-refractivity contribution in [3.8, 4) is 6.07 Å². The Morgan fingerprint density at radius 3 is 2.53 bits per heavy atom. The summed E-state index contributed by atoms with van der Waals surface area (Å²) in [6.07, 6.45) is 0.715. The van der Waals surface area contributed by atoms with Gasteiger partial charge in [-0.05, 0) is 36.4 Å². The van der Waals surface area contributed by atoms with Crippen LogP contribution in [0.25, 0.3) is 0 Å². The van der Waals surface area contributed by atoms with Gasteiger partial charge in [0.15, 0.2) is 0 Å². The van der Waals surface area contributed by atoms with Crippen LogP contribution in [0.4, 0.5) is 0 Å². The molecule has 5 nitrogen and oxygen atoms in total. The molecule has 0 unspecified atom stereocenters. The summed E-state index contributed by atoms with van der Waals surface area (Å²) in [5.41, 5.74) is 0.429. The molecule has 19 heavy (non-hydrogen) atoms. The Morgan fingerprint density at radius 2 is 1.95 bits per heavy atom. The van der Waals surface area contributed by atoms with Crippen LogP contribution in [0, 0.1) is 11.3 Å². The molecule has 1 rings (SSSR count). The van der Waals surface area contributed by atoms with Gasteiger partial charge in [0, 0.05) is 18.9 Å². The Bertz CT molecular complexity index is 521. The first kappa shape index (κ1) is 16.0. The molecule has 0 saturated heterocycles. The molecule has 104 valence electrons. The van der Waals surface area contributed by atoms with Crippen molar-refractivity contribution >= 4 is 21.8 Å². The van der Waals surface area contributed by atoms with Crippen molar-refractivity contribution in [2.75, 3.05) is 24.7 Å². The second-order valence-electron chi connectivity index (χ2n) is 3.72. The standard InChI is InChI=1S/C12H16N2O3S2/c13-10-11-2-4-12(5-3-11)19(16,17)14-6-9-18-8-1-7-15/h2-5,14-15H,1,6-9H2. The van der Waals surface area contributed by atoms with E-state index in [2.05, 4.69) is 4.72 Å². The number of thioether (sulfide) groups is 1. The van der Waals surface area contributed by atoms with E-state index in [1.807, 2.05) is 6.07 Å². The molecule has 0 radical (unpaired) electrons. The predicted molar refractivity (Wildman–Crippen MR) is 75.4 cm³/mol. The van der Waals surface area contributed by atoms with Gasteiger partial charge in [-0.3, -0.25) is 0 Å². The minimum absolute atomic E-state index is 0.157. The lowest BCUT2D eigenvalue weighted by atomic mass is 10.2. The Balaban J connectivity index is 2.45. The van der Waals surface area contributed by atoms with Crippen LogP contribution >= 0.6 is 11.8 Å². The molecule has 1 aromatic carbocycles. The summed E-state index contributed by atoms with van der Waals surface area (Å²) in [7, 11) is -3.50. The molecule has 2 N–H and O–H groups in total. The van der Waals surface area contributed by atoms with Crippen molar-refractivity contribution in [2.24, 2.45) is 0 Å². The van der Waals surface area contributed by atoms with Crippen LogP contribution in [-0.2, 0) is 10.0 Å². The van der Waals surface area contributed by atoms with Crippen molar-refractivity contribution in [2.45, 2.75) is 11.3 Å². The fourth-order valence-corrected chi connectivity index (χ4v) is 3.25. The lowest BCUT2D eigenvalue weighted by molar-refractivity contribution is 0.296. The maximum atomic E-state index is 11.9. The van der Waals surface area contributed by atoms with Crippen LogP contribution in [0.15, 0.2) is 29.2 Å². The van der Waals surface area contributed by atoms with E-state index >= 15 is 0 Å². The zero-order valence-electron chi connectivity index (χ0n) is 10.4. The summed E-state index contributed by atoms with van der Waals surface area (Å²) < 4.78 is 26.3. The maximum absolute atomic E-state index is 11.9. The first-order chi connectivity index (χ1) is 9.10. The monoisotopic (exact) mass is 300 g/mol. The first-order valence-corrected chi connectivity index (χ1v) is 8.42. The van der Waals surface area contributed by atoms with Gasteiger partial charge < -0.3 is 5.11 Å². The molecule has 0 heterocycles. The summed E-state index contributed by atoms with van der Waals surface area (Å²) >= 11 is 1.59. The number of benzene rings is 1. The summed E-state index contributed by atoms with van der Waals surface area (Å²) in [6.45, 7) is 0.502. The van der Waals surface area contributed by atoms with Gasteiger partial charge in [-0.1, -0.05) is 0 Å². The molecule has 0 spiro atoms. The van der Waals surface area contributed by atoms with Crippen LogP contribution in [0.5, 0.6) is 0 Å². The third-order valence-corrected chi connectivity index (χ3v) is 4.83. The zero-order valence-corrected chi connectivity index (χ0v) is 12.0. The lowest BCUT2D eigenvalue weighted by Crippen LogP contribution is -2.26. The van der Waals surface area contributed by atoms with E-state index in [1.165, 1.54) is 24.3 Å². The third kappa shape index (κ3) is 5.61. The molecule has 0 aliphatic heterocycles. The fourth-order valence-electron chi connectivity index (χ4n) is 1.31. The number of sulfonamides is 1. The molecule has 0 bridgehead atoms. The molecule has 0 atom stereocenters. The Kier molecular flexibility index (Phi) is 6.87. The van der Waals surface area contributed by atoms with Crippen LogP contribution in [0.1, 0.15) is 12.0 Å². The Hall–Kier alpha value is -1.07. The van der Waals surface area contributed by atoms with E-state index in [0.717, 1.165) is 5.75 Å². The highest BCUT2D eigenvalue weighted by Gasteiger charge is 2.12. The molecular weight excluding hydrogens is 284 g/mol. The number of nitrogens with zero attached hydrogens (tertiary/aromatic N) is 1. The maximum Gasteiger partial charge on any atom is 0.240 e. The SMILES string of the molecule is N#Cc1ccc(S(=O)(=O)NCCSCCCO)cc1. The molecule has 0 amide bonds. The van der Waals surface area contributed by atoms with Gasteiger partial charge in [-0.25, -0.2) is 13.1 Å². The normalized spacial score (nSPS) is 11.2. The number of aliphatic hydroxyl groups excluding tert-OH is 1. The van der Waals surface area contributed by atoms with E-state index in [4.69, 9.17) is 10.4 Å². The molecule has 0 aliphatic rings. The van der Waals surface area contributed by atoms with Gasteiger partial charge in [-0.2, -0.15) is 17.0 Å². The summed E-state index contributed by atoms with van der Waals surface area (Å²) in [4.78, 5) is 0.159. The van der Waals surface area contributed by atoms with Crippen LogP contribution in [0.2, 0.25) is 0 Å². The molecule has 0 fully saturated rings. The number of hydrogen-bond donors (Lipinski definition) is 2. The summed E-state index contributed by atoms with van der Waals surface area (Å²) in [6, 6.07) is 7.72. The molecule has 7 heteroatoms. The molecule has 0 aromatic heterocycles. The highest BCUT2D eigenvalue weighted by Crippen LogP contribution is 2.10. The molecule has 0 aliphatic carbocycles. The van der Waals surface area contributed by atoms with Gasteiger partial charge in [-0.15, -0.1) is 0 Å². The van der Waals surface area contributed by atoms with E-state index in [0.29, 0.717) is 24.3 Å². The van der Waals surface area contributed by atoms with Crippen LogP contribution in [-0.4, -0.2) is 38.2 Å². The number of aliphatic hydroxyl groups is 1. The topological polar surface area (TPSA) is 90.2 Å². The quantitative estimate of drug-likeness (QED) is 0.698. The van der Waals surface area contributed by atoms with Crippen molar-refractivity contribution < 1.29 is 13.5 Å². The van der Waals surface area contributed by atoms with Crippen molar-refractivity contribution in [1.82, 2.24) is 4.72 Å². The molecule has 1 aromatic rings. The smallest absolute Gasteiger partial charge is 0.240 e. The van der Waals surface area contributed by atoms with Gasteiger partial charge in [0.25, 0.3) is 0 Å². The molecular formula is C12H16N2O3S2. The first-order valence-electron chi connectivity index (χ1n) is 5.78. The fraction of sp³-hybridized carbons (Fsp3) is 0.417. The van der Waals surface area contributed by atoms with E-state index < -0.39 is 10.0 Å². The summed E-state index contributed by atoms with van der Waals surface area (Å²) in [5, 5.41) is 17.2. The average molecular weight is 300 g/mol. The largest absolute Gasteiger partial charge is 0.396 e. The zero-order chi connectivity index (χ0) is 14.1. The third-order valence-electron chi connectivity index (χ3n) is 2.28. The van der Waals surface area contributed by atoms with Crippen molar-refractivity contribution in [3.05, 3.63) is 29.8 Å². The minimum atomic E-state index is -3.50. The van der Waals surface area contributed by atoms with Crippen LogP contribution in [0.3, 0.4) is 0 Å². The van der Waals surface area contributed by atoms with Gasteiger partial charge in [0.1, 0.15) is 0 Å². The van der Waals surface area contributed by atoms with E-state index in [9.17, 15) is 8.42 Å². The van der Waals surface area contributed by atoms with Gasteiger partial charge in [0.2, 0.25) is 10.0 Å². The number of nitrogens with one attached hydrogen (secondary N) is 1. The summed E-state index contributed by atoms with van der Waals surface area (Å²) in [5.74, 6) is 1.48. The van der Waals surface area contributed by atoms with Crippen molar-refractivity contribution in [3.63, 3.8) is 0 Å². The van der Waals surface area contributed by atoms with E-state index in [-0.39, 0.29) is 11.5 Å². The van der Waals surface area contributed by atoms with Crippen molar-refractivity contribution in [1.29, 1.82) is 5.26 Å². The van der Waals surface area contributed by atoms with Gasteiger partial charge in [0.05, 0.1) is 16.5 Å². The minimum Gasteiger partial charge on any atom is -0.396 e. The highest BCUT2D eigenvalue weighted by molar-refractivity contribution is 7.99. The van der Waals surface area contributed by atoms with E-state index in [1.54, 1.807) is 11.8 Å². The Labute approximate surface area is 117 Å².